The van der Waals surface area contributed by atoms with Crippen LogP contribution in [0.25, 0.3) is 0 Å². The molecule has 0 bridgehead atoms. The topological polar surface area (TPSA) is 49.4 Å². The van der Waals surface area contributed by atoms with E-state index in [1.54, 1.807) is 0 Å². The third kappa shape index (κ3) is 5.30. The summed E-state index contributed by atoms with van der Waals surface area (Å²) in [7, 11) is 0. The van der Waals surface area contributed by atoms with Gasteiger partial charge in [0.05, 0.1) is 5.56 Å². The standard InChI is InChI=1S/C17H22F2N2O2/c1-2-9-21(11-12-3-4-12)16(22)7-8-20-17(23)14-6-5-13(18)10-15(14)19/h5-6,10,12H,2-4,7-9,11H2,1H3,(H,20,23). The molecule has 1 aromatic carbocycles. The van der Waals surface area contributed by atoms with E-state index in [2.05, 4.69) is 5.32 Å². The Morgan fingerprint density at radius 1 is 1.30 bits per heavy atom. The smallest absolute Gasteiger partial charge is 0.254 e. The number of rotatable bonds is 8. The summed E-state index contributed by atoms with van der Waals surface area (Å²) in [5, 5.41) is 2.51. The fraction of sp³-hybridized carbons (Fsp3) is 0.529. The van der Waals surface area contributed by atoms with Gasteiger partial charge in [0.25, 0.3) is 5.91 Å². The zero-order chi connectivity index (χ0) is 16.8. The molecule has 0 spiro atoms. The molecular weight excluding hydrogens is 302 g/mol. The summed E-state index contributed by atoms with van der Waals surface area (Å²) in [4.78, 5) is 25.9. The summed E-state index contributed by atoms with van der Waals surface area (Å²) in [5.74, 6) is -1.66. The van der Waals surface area contributed by atoms with Gasteiger partial charge >= 0.3 is 0 Å². The molecule has 2 amide bonds. The number of hydrogen-bond donors (Lipinski definition) is 1. The molecule has 0 heterocycles. The Morgan fingerprint density at radius 2 is 2.04 bits per heavy atom. The van der Waals surface area contributed by atoms with Crippen LogP contribution in [0.2, 0.25) is 0 Å². The van der Waals surface area contributed by atoms with E-state index in [-0.39, 0.29) is 24.4 Å². The van der Waals surface area contributed by atoms with Crippen LogP contribution in [0.3, 0.4) is 0 Å². The lowest BCUT2D eigenvalue weighted by Crippen LogP contribution is -2.36. The number of amides is 2. The molecule has 0 unspecified atom stereocenters. The summed E-state index contributed by atoms with van der Waals surface area (Å²) < 4.78 is 26.3. The summed E-state index contributed by atoms with van der Waals surface area (Å²) in [6.45, 7) is 3.66. The second-order valence-electron chi connectivity index (χ2n) is 5.91. The highest BCUT2D eigenvalue weighted by Gasteiger charge is 2.26. The highest BCUT2D eigenvalue weighted by Crippen LogP contribution is 2.29. The Kier molecular flexibility index (Phi) is 6.07. The van der Waals surface area contributed by atoms with Crippen LogP contribution in [0.4, 0.5) is 8.78 Å². The lowest BCUT2D eigenvalue weighted by atomic mass is 10.2. The lowest BCUT2D eigenvalue weighted by molar-refractivity contribution is -0.131. The van der Waals surface area contributed by atoms with Gasteiger partial charge in [-0.3, -0.25) is 9.59 Å². The van der Waals surface area contributed by atoms with Gasteiger partial charge in [0.15, 0.2) is 0 Å². The Labute approximate surface area is 134 Å². The van der Waals surface area contributed by atoms with Crippen molar-refractivity contribution in [2.45, 2.75) is 32.6 Å². The van der Waals surface area contributed by atoms with E-state index in [1.807, 2.05) is 11.8 Å². The van der Waals surface area contributed by atoms with Crippen molar-refractivity contribution >= 4 is 11.8 Å². The number of carbonyl (C=O) groups is 2. The predicted molar refractivity (Wildman–Crippen MR) is 82.9 cm³/mol. The average Bonchev–Trinajstić information content (AvgIpc) is 3.30. The number of benzene rings is 1. The van der Waals surface area contributed by atoms with Gasteiger partial charge < -0.3 is 10.2 Å². The van der Waals surface area contributed by atoms with Crippen molar-refractivity contribution < 1.29 is 18.4 Å². The van der Waals surface area contributed by atoms with Crippen molar-refractivity contribution in [2.24, 2.45) is 5.92 Å². The minimum atomic E-state index is -0.907. The van der Waals surface area contributed by atoms with Crippen LogP contribution in [0, 0.1) is 17.6 Å². The van der Waals surface area contributed by atoms with Crippen LogP contribution in [-0.4, -0.2) is 36.3 Å². The van der Waals surface area contributed by atoms with Gasteiger partial charge in [-0.2, -0.15) is 0 Å². The van der Waals surface area contributed by atoms with E-state index < -0.39 is 17.5 Å². The fourth-order valence-electron chi connectivity index (χ4n) is 2.41. The monoisotopic (exact) mass is 324 g/mol. The maximum absolute atomic E-state index is 13.5. The van der Waals surface area contributed by atoms with Crippen molar-refractivity contribution in [1.82, 2.24) is 10.2 Å². The molecule has 0 radical (unpaired) electrons. The maximum Gasteiger partial charge on any atom is 0.254 e. The van der Waals surface area contributed by atoms with Gasteiger partial charge in [0, 0.05) is 32.1 Å². The van der Waals surface area contributed by atoms with Crippen LogP contribution >= 0.6 is 0 Å². The first kappa shape index (κ1) is 17.4. The number of nitrogens with one attached hydrogen (secondary N) is 1. The average molecular weight is 324 g/mol. The molecule has 0 saturated heterocycles. The molecule has 0 aromatic heterocycles. The third-order valence-corrected chi connectivity index (χ3v) is 3.82. The van der Waals surface area contributed by atoms with Crippen molar-refractivity contribution in [3.63, 3.8) is 0 Å². The number of carbonyl (C=O) groups excluding carboxylic acids is 2. The third-order valence-electron chi connectivity index (χ3n) is 3.82. The van der Waals surface area contributed by atoms with Crippen LogP contribution < -0.4 is 5.32 Å². The van der Waals surface area contributed by atoms with Crippen molar-refractivity contribution in [3.8, 4) is 0 Å². The molecule has 4 nitrogen and oxygen atoms in total. The normalized spacial score (nSPS) is 13.7. The van der Waals surface area contributed by atoms with E-state index in [4.69, 9.17) is 0 Å². The molecule has 23 heavy (non-hydrogen) atoms. The minimum absolute atomic E-state index is 0.00127. The fourth-order valence-corrected chi connectivity index (χ4v) is 2.41. The van der Waals surface area contributed by atoms with Gasteiger partial charge in [-0.1, -0.05) is 6.92 Å². The largest absolute Gasteiger partial charge is 0.351 e. The molecule has 0 atom stereocenters. The molecular formula is C17H22F2N2O2. The van der Waals surface area contributed by atoms with Gasteiger partial charge in [-0.25, -0.2) is 8.78 Å². The highest BCUT2D eigenvalue weighted by atomic mass is 19.1. The Morgan fingerprint density at radius 3 is 2.65 bits per heavy atom. The Hall–Kier alpha value is -1.98. The van der Waals surface area contributed by atoms with Gasteiger partial charge in [0.2, 0.25) is 5.91 Å². The number of hydrogen-bond acceptors (Lipinski definition) is 2. The molecule has 1 saturated carbocycles. The zero-order valence-corrected chi connectivity index (χ0v) is 13.3. The summed E-state index contributed by atoms with van der Waals surface area (Å²) in [5.41, 5.74) is -0.220. The van der Waals surface area contributed by atoms with E-state index in [9.17, 15) is 18.4 Å². The van der Waals surface area contributed by atoms with E-state index in [1.165, 1.54) is 12.8 Å². The minimum Gasteiger partial charge on any atom is -0.351 e. The predicted octanol–water partition coefficient (Wildman–Crippen LogP) is 2.73. The molecule has 6 heteroatoms. The van der Waals surface area contributed by atoms with Crippen molar-refractivity contribution in [3.05, 3.63) is 35.4 Å². The first-order valence-electron chi connectivity index (χ1n) is 8.02. The lowest BCUT2D eigenvalue weighted by Gasteiger charge is -2.22. The van der Waals surface area contributed by atoms with Crippen LogP contribution in [0.15, 0.2) is 18.2 Å². The maximum atomic E-state index is 13.5. The summed E-state index contributed by atoms with van der Waals surface area (Å²) in [6, 6.07) is 2.79. The van der Waals surface area contributed by atoms with E-state index in [0.29, 0.717) is 12.0 Å². The highest BCUT2D eigenvalue weighted by molar-refractivity contribution is 5.94. The number of halogens is 2. The molecule has 1 N–H and O–H groups in total. The van der Waals surface area contributed by atoms with Gasteiger partial charge in [-0.15, -0.1) is 0 Å². The Balaban J connectivity index is 1.80. The van der Waals surface area contributed by atoms with Crippen molar-refractivity contribution in [2.75, 3.05) is 19.6 Å². The zero-order valence-electron chi connectivity index (χ0n) is 13.3. The second-order valence-corrected chi connectivity index (χ2v) is 5.91. The van der Waals surface area contributed by atoms with E-state index >= 15 is 0 Å². The molecule has 2 rings (SSSR count). The quantitative estimate of drug-likeness (QED) is 0.799. The van der Waals surface area contributed by atoms with Crippen LogP contribution in [0.5, 0.6) is 0 Å². The van der Waals surface area contributed by atoms with Crippen LogP contribution in [-0.2, 0) is 4.79 Å². The summed E-state index contributed by atoms with van der Waals surface area (Å²) >= 11 is 0. The van der Waals surface area contributed by atoms with Gasteiger partial charge in [-0.05, 0) is 37.3 Å². The summed E-state index contributed by atoms with van der Waals surface area (Å²) in [6.07, 6.45) is 3.43. The molecule has 0 aliphatic heterocycles. The molecule has 1 aromatic rings. The second kappa shape index (κ2) is 8.04. The first-order valence-corrected chi connectivity index (χ1v) is 8.02. The van der Waals surface area contributed by atoms with Crippen LogP contribution in [0.1, 0.15) is 43.0 Å². The van der Waals surface area contributed by atoms with E-state index in [0.717, 1.165) is 31.6 Å². The first-order chi connectivity index (χ1) is 11.0. The SMILES string of the molecule is CCCN(CC1CC1)C(=O)CCNC(=O)c1ccc(F)cc1F. The molecule has 1 aliphatic rings. The molecule has 1 aliphatic carbocycles. The molecule has 126 valence electrons. The number of nitrogens with zero attached hydrogens (tertiary/aromatic N) is 1. The molecule has 1 fully saturated rings. The Bertz CT molecular complexity index is 574. The van der Waals surface area contributed by atoms with Gasteiger partial charge in [0.1, 0.15) is 11.6 Å². The van der Waals surface area contributed by atoms with Crippen molar-refractivity contribution in [1.29, 1.82) is 0 Å².